The predicted octanol–water partition coefficient (Wildman–Crippen LogP) is 3.36. The maximum absolute atomic E-state index is 12.8. The van der Waals surface area contributed by atoms with Crippen molar-refractivity contribution < 1.29 is 22.4 Å². The number of fused-ring (bicyclic) bond motifs is 2. The topological polar surface area (TPSA) is 139 Å². The molecule has 166 valence electrons. The molecule has 0 saturated carbocycles. The quantitative estimate of drug-likeness (QED) is 0.338. The minimum Gasteiger partial charge on any atom is -0.497 e. The van der Waals surface area contributed by atoms with Gasteiger partial charge in [-0.2, -0.15) is 5.26 Å². The minimum atomic E-state index is -3.39. The van der Waals surface area contributed by atoms with Gasteiger partial charge in [0.1, 0.15) is 29.2 Å². The lowest BCUT2D eigenvalue weighted by Gasteiger charge is -2.03. The Hall–Kier alpha value is -4.01. The van der Waals surface area contributed by atoms with E-state index in [9.17, 15) is 23.3 Å². The van der Waals surface area contributed by atoms with Gasteiger partial charge < -0.3 is 9.15 Å². The fraction of sp³-hybridized carbons (Fsp3) is 0.0909. The Labute approximate surface area is 191 Å². The third kappa shape index (κ3) is 4.48. The molecule has 9 nitrogen and oxygen atoms in total. The number of hydrogen-bond acceptors (Lipinski definition) is 9. The summed E-state index contributed by atoms with van der Waals surface area (Å²) < 4.78 is 34.6. The van der Waals surface area contributed by atoms with E-state index in [4.69, 9.17) is 9.15 Å². The fourth-order valence-electron chi connectivity index (χ4n) is 3.01. The van der Waals surface area contributed by atoms with Crippen LogP contribution in [0.2, 0.25) is 0 Å². The number of benzene rings is 2. The highest BCUT2D eigenvalue weighted by molar-refractivity contribution is 7.90. The van der Waals surface area contributed by atoms with Crippen LogP contribution in [0.15, 0.2) is 62.3 Å². The van der Waals surface area contributed by atoms with Crippen molar-refractivity contribution in [3.8, 4) is 11.8 Å². The van der Waals surface area contributed by atoms with Crippen molar-refractivity contribution in [1.82, 2.24) is 4.98 Å². The first-order chi connectivity index (χ1) is 15.7. The number of carbonyl (C=O) groups excluding carboxylic acids is 1. The second-order valence-corrected chi connectivity index (χ2v) is 9.97. The predicted molar refractivity (Wildman–Crippen MR) is 124 cm³/mol. The van der Waals surface area contributed by atoms with Crippen LogP contribution in [-0.2, 0) is 14.6 Å². The normalized spacial score (nSPS) is 12.0. The van der Waals surface area contributed by atoms with Crippen LogP contribution in [0.5, 0.6) is 5.75 Å². The second kappa shape index (κ2) is 8.50. The van der Waals surface area contributed by atoms with Crippen LogP contribution in [0, 0.1) is 11.3 Å². The molecule has 0 saturated heterocycles. The number of aromatic nitrogens is 1. The largest absolute Gasteiger partial charge is 0.497 e. The van der Waals surface area contributed by atoms with Crippen LogP contribution >= 0.6 is 11.3 Å². The van der Waals surface area contributed by atoms with E-state index in [1.54, 1.807) is 18.2 Å². The van der Waals surface area contributed by atoms with E-state index in [1.807, 2.05) is 0 Å². The Morgan fingerprint density at radius 2 is 2.06 bits per heavy atom. The Morgan fingerprint density at radius 1 is 1.27 bits per heavy atom. The molecule has 2 aromatic carbocycles. The zero-order chi connectivity index (χ0) is 23.8. The number of methoxy groups -OCH3 is 1. The van der Waals surface area contributed by atoms with Gasteiger partial charge in [0, 0.05) is 6.26 Å². The summed E-state index contributed by atoms with van der Waals surface area (Å²) in [5.74, 6) is -0.311. The maximum Gasteiger partial charge on any atom is 0.268 e. The molecule has 1 N–H and O–H groups in total. The number of nitriles is 1. The SMILES string of the molecule is COc1ccc2occ(/C=C(\C#N)C(=O)Nc3nc4ccc(S(C)(=O)=O)cc4s3)c(=O)c2c1. The van der Waals surface area contributed by atoms with Gasteiger partial charge in [-0.25, -0.2) is 13.4 Å². The molecule has 0 fully saturated rings. The first-order valence-corrected chi connectivity index (χ1v) is 12.0. The smallest absolute Gasteiger partial charge is 0.268 e. The van der Waals surface area contributed by atoms with E-state index in [0.29, 0.717) is 21.5 Å². The second-order valence-electron chi connectivity index (χ2n) is 6.93. The van der Waals surface area contributed by atoms with Crippen LogP contribution in [0.3, 0.4) is 0 Å². The summed E-state index contributed by atoms with van der Waals surface area (Å²) >= 11 is 1.06. The van der Waals surface area contributed by atoms with Crippen LogP contribution < -0.4 is 15.5 Å². The Morgan fingerprint density at radius 3 is 2.76 bits per heavy atom. The average molecular weight is 482 g/mol. The highest BCUT2D eigenvalue weighted by atomic mass is 32.2. The average Bonchev–Trinajstić information content (AvgIpc) is 3.19. The number of rotatable bonds is 5. The number of carbonyl (C=O) groups is 1. The molecule has 0 bridgehead atoms. The van der Waals surface area contributed by atoms with Crippen molar-refractivity contribution in [2.75, 3.05) is 18.7 Å². The van der Waals surface area contributed by atoms with E-state index in [-0.39, 0.29) is 26.5 Å². The molecule has 11 heteroatoms. The van der Waals surface area contributed by atoms with Gasteiger partial charge in [-0.1, -0.05) is 11.3 Å². The van der Waals surface area contributed by atoms with Gasteiger partial charge in [-0.05, 0) is 42.5 Å². The zero-order valence-electron chi connectivity index (χ0n) is 17.3. The molecule has 1 amide bonds. The standard InChI is InChI=1S/C22H15N3O6S2/c1-30-14-3-6-18-16(8-14)20(26)13(11-31-18)7-12(10-23)21(27)25-22-24-17-5-4-15(33(2,28)29)9-19(17)32-22/h3-9,11H,1-2H3,(H,24,25,27)/b12-7+. The summed E-state index contributed by atoms with van der Waals surface area (Å²) in [5, 5.41) is 12.4. The van der Waals surface area contributed by atoms with Crippen molar-refractivity contribution in [2.45, 2.75) is 4.90 Å². The van der Waals surface area contributed by atoms with E-state index < -0.39 is 21.2 Å². The van der Waals surface area contributed by atoms with Crippen molar-refractivity contribution in [1.29, 1.82) is 5.26 Å². The number of thiazole rings is 1. The van der Waals surface area contributed by atoms with Gasteiger partial charge in [0.05, 0.1) is 33.2 Å². The van der Waals surface area contributed by atoms with Gasteiger partial charge >= 0.3 is 0 Å². The number of hydrogen-bond donors (Lipinski definition) is 1. The first-order valence-electron chi connectivity index (χ1n) is 9.33. The summed E-state index contributed by atoms with van der Waals surface area (Å²) in [6, 6.07) is 10.9. The summed E-state index contributed by atoms with van der Waals surface area (Å²) in [5.41, 5.74) is 0.0901. The molecule has 0 aliphatic carbocycles. The molecule has 0 atom stereocenters. The molecule has 0 spiro atoms. The third-order valence-electron chi connectivity index (χ3n) is 4.68. The maximum atomic E-state index is 12.8. The Bertz CT molecular complexity index is 1660. The van der Waals surface area contributed by atoms with E-state index in [2.05, 4.69) is 10.3 Å². The van der Waals surface area contributed by atoms with Crippen molar-refractivity contribution in [3.63, 3.8) is 0 Å². The van der Waals surface area contributed by atoms with Gasteiger partial charge in [0.2, 0.25) is 0 Å². The summed E-state index contributed by atoms with van der Waals surface area (Å²) in [4.78, 5) is 29.8. The van der Waals surface area contributed by atoms with Crippen LogP contribution in [-0.4, -0.2) is 32.7 Å². The molecule has 2 aromatic heterocycles. The lowest BCUT2D eigenvalue weighted by atomic mass is 10.1. The lowest BCUT2D eigenvalue weighted by molar-refractivity contribution is -0.112. The molecule has 4 rings (SSSR count). The summed E-state index contributed by atoms with van der Waals surface area (Å²) in [6.07, 6.45) is 3.41. The van der Waals surface area contributed by atoms with Crippen molar-refractivity contribution in [3.05, 3.63) is 64.0 Å². The van der Waals surface area contributed by atoms with E-state index in [1.165, 1.54) is 37.6 Å². The van der Waals surface area contributed by atoms with E-state index >= 15 is 0 Å². The van der Waals surface area contributed by atoms with Gasteiger partial charge in [-0.3, -0.25) is 14.9 Å². The molecule has 0 radical (unpaired) electrons. The number of amides is 1. The molecule has 33 heavy (non-hydrogen) atoms. The first kappa shape index (κ1) is 22.2. The Balaban J connectivity index is 1.65. The summed E-state index contributed by atoms with van der Waals surface area (Å²) in [6.45, 7) is 0. The number of nitrogens with zero attached hydrogens (tertiary/aromatic N) is 2. The molecular weight excluding hydrogens is 466 g/mol. The van der Waals surface area contributed by atoms with Crippen LogP contribution in [0.25, 0.3) is 27.3 Å². The number of sulfone groups is 1. The third-order valence-corrected chi connectivity index (χ3v) is 6.72. The molecule has 0 aliphatic heterocycles. The lowest BCUT2D eigenvalue weighted by Crippen LogP contribution is -2.14. The fourth-order valence-corrected chi connectivity index (χ4v) is 4.63. The highest BCUT2D eigenvalue weighted by Gasteiger charge is 2.16. The van der Waals surface area contributed by atoms with Crippen molar-refractivity contribution >= 4 is 59.5 Å². The molecule has 0 aliphatic rings. The van der Waals surface area contributed by atoms with Crippen LogP contribution in [0.4, 0.5) is 5.13 Å². The van der Waals surface area contributed by atoms with Crippen molar-refractivity contribution in [2.24, 2.45) is 0 Å². The number of ether oxygens (including phenoxy) is 1. The molecule has 2 heterocycles. The van der Waals surface area contributed by atoms with Gasteiger partial charge in [0.25, 0.3) is 5.91 Å². The van der Waals surface area contributed by atoms with Gasteiger partial charge in [0.15, 0.2) is 20.4 Å². The minimum absolute atomic E-state index is 0.0181. The summed E-state index contributed by atoms with van der Waals surface area (Å²) in [7, 11) is -1.92. The highest BCUT2D eigenvalue weighted by Crippen LogP contribution is 2.28. The molecule has 4 aromatic rings. The molecular formula is C22H15N3O6S2. The molecule has 0 unspecified atom stereocenters. The van der Waals surface area contributed by atoms with E-state index in [0.717, 1.165) is 23.7 Å². The number of nitrogens with one attached hydrogen (secondary N) is 1. The number of anilines is 1. The monoisotopic (exact) mass is 481 g/mol. The van der Waals surface area contributed by atoms with Crippen LogP contribution in [0.1, 0.15) is 5.56 Å². The van der Waals surface area contributed by atoms with Gasteiger partial charge in [-0.15, -0.1) is 0 Å². The zero-order valence-corrected chi connectivity index (χ0v) is 18.9. The Kier molecular flexibility index (Phi) is 5.71.